The van der Waals surface area contributed by atoms with Gasteiger partial charge in [0.15, 0.2) is 0 Å². The third-order valence-electron chi connectivity index (χ3n) is 2.07. The van der Waals surface area contributed by atoms with E-state index in [1.165, 1.54) is 0 Å². The van der Waals surface area contributed by atoms with Gasteiger partial charge in [-0.2, -0.15) is 0 Å². The molecule has 1 aliphatic carbocycles. The van der Waals surface area contributed by atoms with E-state index in [0.717, 1.165) is 19.3 Å². The molecule has 0 saturated heterocycles. The predicted octanol–water partition coefficient (Wildman–Crippen LogP) is 1.48. The molecule has 0 amide bonds. The summed E-state index contributed by atoms with van der Waals surface area (Å²) in [4.78, 5) is 0. The molecule has 1 aliphatic rings. The Kier molecular flexibility index (Phi) is 1.81. The molecule has 2 N–H and O–H groups in total. The van der Waals surface area contributed by atoms with Gasteiger partial charge < -0.3 is 10.2 Å². The molecule has 0 fully saturated rings. The third-order valence-corrected chi connectivity index (χ3v) is 2.07. The van der Waals surface area contributed by atoms with E-state index in [9.17, 15) is 0 Å². The summed E-state index contributed by atoms with van der Waals surface area (Å²) in [5, 5.41) is 7.49. The molecule has 1 aromatic rings. The van der Waals surface area contributed by atoms with Crippen molar-refractivity contribution in [3.63, 3.8) is 0 Å². The van der Waals surface area contributed by atoms with Crippen molar-refractivity contribution in [1.29, 1.82) is 0 Å². The lowest BCUT2D eigenvalue weighted by Crippen LogP contribution is -2.00. The maximum atomic E-state index is 5.33. The molecule has 4 heteroatoms. The van der Waals surface area contributed by atoms with Crippen LogP contribution in [-0.2, 0) is 0 Å². The zero-order valence-corrected chi connectivity index (χ0v) is 6.73. The minimum atomic E-state index is 0.166. The summed E-state index contributed by atoms with van der Waals surface area (Å²) in [5.41, 5.74) is 5.33. The first kappa shape index (κ1) is 7.34. The largest absolute Gasteiger partial charge is 0.408 e. The zero-order chi connectivity index (χ0) is 8.39. The van der Waals surface area contributed by atoms with E-state index in [1.807, 2.05) is 0 Å². The molecular formula is C8H11N3O. The van der Waals surface area contributed by atoms with E-state index in [-0.39, 0.29) is 6.01 Å². The van der Waals surface area contributed by atoms with Crippen molar-refractivity contribution in [2.75, 3.05) is 5.73 Å². The van der Waals surface area contributed by atoms with Gasteiger partial charge in [0.1, 0.15) is 0 Å². The molecule has 1 heterocycles. The number of anilines is 1. The molecule has 4 nitrogen and oxygen atoms in total. The smallest absolute Gasteiger partial charge is 0.312 e. The van der Waals surface area contributed by atoms with Crippen molar-refractivity contribution in [1.82, 2.24) is 10.2 Å². The molecule has 0 bridgehead atoms. The summed E-state index contributed by atoms with van der Waals surface area (Å²) in [6, 6.07) is 0.166. The summed E-state index contributed by atoms with van der Waals surface area (Å²) in [6.45, 7) is 0. The van der Waals surface area contributed by atoms with Gasteiger partial charge in [0.2, 0.25) is 5.89 Å². The quantitative estimate of drug-likeness (QED) is 0.640. The molecule has 1 aromatic heterocycles. The summed E-state index contributed by atoms with van der Waals surface area (Å²) in [7, 11) is 0. The molecule has 0 spiro atoms. The van der Waals surface area contributed by atoms with Crippen LogP contribution in [0.1, 0.15) is 31.1 Å². The number of nitrogens with two attached hydrogens (primary N) is 1. The second-order valence-corrected chi connectivity index (χ2v) is 2.96. The average Bonchev–Trinajstić information content (AvgIpc) is 2.54. The lowest BCUT2D eigenvalue weighted by Gasteiger charge is -2.12. The first-order valence-electron chi connectivity index (χ1n) is 4.10. The van der Waals surface area contributed by atoms with Crippen molar-refractivity contribution in [2.45, 2.75) is 25.2 Å². The zero-order valence-electron chi connectivity index (χ0n) is 6.73. The Labute approximate surface area is 70.5 Å². The van der Waals surface area contributed by atoms with Crippen LogP contribution in [0.3, 0.4) is 0 Å². The normalized spacial score (nSPS) is 22.8. The van der Waals surface area contributed by atoms with Crippen LogP contribution in [0.2, 0.25) is 0 Å². The fourth-order valence-electron chi connectivity index (χ4n) is 1.43. The highest BCUT2D eigenvalue weighted by Gasteiger charge is 2.17. The Bertz CT molecular complexity index is 292. The Morgan fingerprint density at radius 1 is 1.42 bits per heavy atom. The molecule has 12 heavy (non-hydrogen) atoms. The van der Waals surface area contributed by atoms with Gasteiger partial charge in [-0.05, 0) is 19.3 Å². The fourth-order valence-corrected chi connectivity index (χ4v) is 1.43. The van der Waals surface area contributed by atoms with Gasteiger partial charge in [0.25, 0.3) is 0 Å². The van der Waals surface area contributed by atoms with Crippen LogP contribution in [0.4, 0.5) is 6.01 Å². The second kappa shape index (κ2) is 2.97. The van der Waals surface area contributed by atoms with E-state index in [2.05, 4.69) is 22.3 Å². The van der Waals surface area contributed by atoms with E-state index in [0.29, 0.717) is 11.8 Å². The number of rotatable bonds is 1. The highest BCUT2D eigenvalue weighted by Crippen LogP contribution is 2.27. The number of nitrogens with zero attached hydrogens (tertiary/aromatic N) is 2. The van der Waals surface area contributed by atoms with Crippen LogP contribution in [0.25, 0.3) is 0 Å². The van der Waals surface area contributed by atoms with Crippen molar-refractivity contribution >= 4 is 6.01 Å². The summed E-state index contributed by atoms with van der Waals surface area (Å²) in [5.74, 6) is 1.05. The molecule has 0 aliphatic heterocycles. The maximum absolute atomic E-state index is 5.33. The number of allylic oxidation sites excluding steroid dienone is 2. The Hall–Kier alpha value is -1.32. The van der Waals surface area contributed by atoms with Crippen molar-refractivity contribution in [3.05, 3.63) is 18.0 Å². The van der Waals surface area contributed by atoms with Gasteiger partial charge in [-0.25, -0.2) is 0 Å². The molecule has 2 rings (SSSR count). The maximum Gasteiger partial charge on any atom is 0.312 e. The molecule has 0 aromatic carbocycles. The highest BCUT2D eigenvalue weighted by molar-refractivity contribution is 5.09. The van der Waals surface area contributed by atoms with Gasteiger partial charge in [0.05, 0.1) is 0 Å². The van der Waals surface area contributed by atoms with E-state index in [1.54, 1.807) is 0 Å². The molecular weight excluding hydrogens is 154 g/mol. The average molecular weight is 165 g/mol. The van der Waals surface area contributed by atoms with Crippen LogP contribution < -0.4 is 5.73 Å². The van der Waals surface area contributed by atoms with Crippen LogP contribution >= 0.6 is 0 Å². The summed E-state index contributed by atoms with van der Waals surface area (Å²) >= 11 is 0. The molecule has 0 radical (unpaired) electrons. The van der Waals surface area contributed by atoms with Crippen molar-refractivity contribution < 1.29 is 4.42 Å². The van der Waals surface area contributed by atoms with Crippen LogP contribution in [0.5, 0.6) is 0 Å². The third kappa shape index (κ3) is 1.32. The first-order chi connectivity index (χ1) is 5.86. The second-order valence-electron chi connectivity index (χ2n) is 2.96. The van der Waals surface area contributed by atoms with Gasteiger partial charge in [-0.1, -0.05) is 17.3 Å². The Morgan fingerprint density at radius 2 is 2.33 bits per heavy atom. The minimum Gasteiger partial charge on any atom is -0.408 e. The SMILES string of the molecule is Nc1nnc(C2CC=CCC2)o1. The van der Waals surface area contributed by atoms with E-state index >= 15 is 0 Å². The summed E-state index contributed by atoms with van der Waals surface area (Å²) < 4.78 is 5.14. The predicted molar refractivity (Wildman–Crippen MR) is 44.4 cm³/mol. The van der Waals surface area contributed by atoms with Gasteiger partial charge in [-0.3, -0.25) is 0 Å². The van der Waals surface area contributed by atoms with E-state index in [4.69, 9.17) is 10.2 Å². The molecule has 1 unspecified atom stereocenters. The first-order valence-corrected chi connectivity index (χ1v) is 4.10. The lowest BCUT2D eigenvalue weighted by atomic mass is 9.95. The van der Waals surface area contributed by atoms with Crippen LogP contribution in [0.15, 0.2) is 16.6 Å². The number of hydrogen-bond donors (Lipinski definition) is 1. The molecule has 1 atom stereocenters. The Balaban J connectivity index is 2.14. The molecule has 64 valence electrons. The van der Waals surface area contributed by atoms with Crippen molar-refractivity contribution in [3.8, 4) is 0 Å². The standard InChI is InChI=1S/C8H11N3O/c9-8-11-10-7(12-8)6-4-2-1-3-5-6/h1-2,6H,3-5H2,(H2,9,11). The van der Waals surface area contributed by atoms with Crippen LogP contribution in [-0.4, -0.2) is 10.2 Å². The fraction of sp³-hybridized carbons (Fsp3) is 0.500. The van der Waals surface area contributed by atoms with E-state index < -0.39 is 0 Å². The lowest BCUT2D eigenvalue weighted by molar-refractivity contribution is 0.437. The van der Waals surface area contributed by atoms with Gasteiger partial charge in [0, 0.05) is 5.92 Å². The van der Waals surface area contributed by atoms with Gasteiger partial charge in [-0.15, -0.1) is 5.10 Å². The minimum absolute atomic E-state index is 0.166. The monoisotopic (exact) mass is 165 g/mol. The number of nitrogen functional groups attached to an aromatic ring is 1. The Morgan fingerprint density at radius 3 is 2.92 bits per heavy atom. The van der Waals surface area contributed by atoms with Gasteiger partial charge >= 0.3 is 6.01 Å². The molecule has 0 saturated carbocycles. The topological polar surface area (TPSA) is 64.9 Å². The highest BCUT2D eigenvalue weighted by atomic mass is 16.4. The van der Waals surface area contributed by atoms with Crippen LogP contribution in [0, 0.1) is 0 Å². The number of aromatic nitrogens is 2. The van der Waals surface area contributed by atoms with Crippen molar-refractivity contribution in [2.24, 2.45) is 0 Å². The summed E-state index contributed by atoms with van der Waals surface area (Å²) in [6.07, 6.45) is 7.48. The number of hydrogen-bond acceptors (Lipinski definition) is 4.